The van der Waals surface area contributed by atoms with Gasteiger partial charge >= 0.3 is 0 Å². The highest BCUT2D eigenvalue weighted by atomic mass is 19.1. The fourth-order valence-corrected chi connectivity index (χ4v) is 1.58. The summed E-state index contributed by atoms with van der Waals surface area (Å²) in [5.74, 6) is -0.328. The van der Waals surface area contributed by atoms with Gasteiger partial charge in [0.1, 0.15) is 17.0 Å². The van der Waals surface area contributed by atoms with Gasteiger partial charge in [0.25, 0.3) is 0 Å². The predicted octanol–water partition coefficient (Wildman–Crippen LogP) is 1.95. The summed E-state index contributed by atoms with van der Waals surface area (Å²) in [4.78, 5) is 3.93. The van der Waals surface area contributed by atoms with Crippen molar-refractivity contribution in [2.24, 2.45) is 0 Å². The van der Waals surface area contributed by atoms with Crippen molar-refractivity contribution in [1.82, 2.24) is 20.0 Å². The van der Waals surface area contributed by atoms with Gasteiger partial charge in [0.05, 0.1) is 11.7 Å². The molecule has 16 heavy (non-hydrogen) atoms. The molecule has 0 aliphatic heterocycles. The van der Waals surface area contributed by atoms with Gasteiger partial charge in [-0.05, 0) is 18.2 Å². The molecule has 0 saturated carbocycles. The molecule has 0 saturated heterocycles. The van der Waals surface area contributed by atoms with E-state index in [1.807, 2.05) is 0 Å². The van der Waals surface area contributed by atoms with Crippen LogP contribution in [0.25, 0.3) is 16.7 Å². The van der Waals surface area contributed by atoms with Crippen LogP contribution >= 0.6 is 0 Å². The summed E-state index contributed by atoms with van der Waals surface area (Å²) < 4.78 is 15.0. The molecule has 4 nitrogen and oxygen atoms in total. The lowest BCUT2D eigenvalue weighted by Gasteiger charge is -2.02. The highest BCUT2D eigenvalue weighted by Gasteiger charge is 2.09. The van der Waals surface area contributed by atoms with Gasteiger partial charge in [-0.25, -0.2) is 9.07 Å². The molecule has 0 atom stereocenters. The first-order chi connectivity index (χ1) is 7.86. The molecule has 0 spiro atoms. The monoisotopic (exact) mass is 214 g/mol. The van der Waals surface area contributed by atoms with E-state index in [2.05, 4.69) is 15.3 Å². The average Bonchev–Trinajstić information content (AvgIpc) is 2.74. The Bertz CT molecular complexity index is 647. The summed E-state index contributed by atoms with van der Waals surface area (Å²) in [6.45, 7) is 0. The Morgan fingerprint density at radius 2 is 2.00 bits per heavy atom. The van der Waals surface area contributed by atoms with Crippen LogP contribution in [0.1, 0.15) is 0 Å². The van der Waals surface area contributed by atoms with Crippen molar-refractivity contribution in [3.63, 3.8) is 0 Å². The van der Waals surface area contributed by atoms with Gasteiger partial charge in [-0.15, -0.1) is 5.10 Å². The molecule has 0 aliphatic carbocycles. The zero-order valence-electron chi connectivity index (χ0n) is 8.21. The molecule has 2 aromatic heterocycles. The van der Waals surface area contributed by atoms with Crippen molar-refractivity contribution < 1.29 is 4.39 Å². The normalized spacial score (nSPS) is 10.8. The molecular weight excluding hydrogens is 207 g/mol. The lowest BCUT2D eigenvalue weighted by atomic mass is 10.3. The number of rotatable bonds is 1. The third-order valence-corrected chi connectivity index (χ3v) is 2.33. The quantitative estimate of drug-likeness (QED) is 0.621. The molecule has 78 valence electrons. The highest BCUT2D eigenvalue weighted by Crippen LogP contribution is 2.17. The van der Waals surface area contributed by atoms with E-state index in [0.29, 0.717) is 11.2 Å². The largest absolute Gasteiger partial charge is 0.262 e. The predicted molar refractivity (Wildman–Crippen MR) is 56.6 cm³/mol. The highest BCUT2D eigenvalue weighted by molar-refractivity contribution is 5.74. The number of fused-ring (bicyclic) bond motifs is 1. The lowest BCUT2D eigenvalue weighted by molar-refractivity contribution is 0.610. The van der Waals surface area contributed by atoms with Crippen LogP contribution in [0.5, 0.6) is 0 Å². The SMILES string of the molecule is Fc1ccccc1-n1nnc2cnccc21. The number of halogens is 1. The Morgan fingerprint density at radius 1 is 1.12 bits per heavy atom. The van der Waals surface area contributed by atoms with Crippen molar-refractivity contribution in [2.75, 3.05) is 0 Å². The van der Waals surface area contributed by atoms with E-state index >= 15 is 0 Å². The minimum absolute atomic E-state index is 0.328. The molecule has 2 heterocycles. The fraction of sp³-hybridized carbons (Fsp3) is 0. The number of para-hydroxylation sites is 1. The number of aromatic nitrogens is 4. The Balaban J connectivity index is 2.31. The van der Waals surface area contributed by atoms with Crippen LogP contribution in [0, 0.1) is 5.82 Å². The first-order valence-electron chi connectivity index (χ1n) is 4.76. The summed E-state index contributed by atoms with van der Waals surface area (Å²) in [5, 5.41) is 7.83. The Labute approximate surface area is 90.4 Å². The zero-order chi connectivity index (χ0) is 11.0. The summed E-state index contributed by atoms with van der Waals surface area (Å²) in [5.41, 5.74) is 1.77. The Kier molecular flexibility index (Phi) is 1.89. The molecule has 0 amide bonds. The molecule has 0 bridgehead atoms. The number of hydrogen-bond acceptors (Lipinski definition) is 3. The number of pyridine rings is 1. The van der Waals surface area contributed by atoms with Crippen molar-refractivity contribution >= 4 is 11.0 Å². The second-order valence-corrected chi connectivity index (χ2v) is 3.32. The van der Waals surface area contributed by atoms with E-state index in [9.17, 15) is 4.39 Å². The fourth-order valence-electron chi connectivity index (χ4n) is 1.58. The molecule has 0 N–H and O–H groups in total. The van der Waals surface area contributed by atoms with Gasteiger partial charge in [0.2, 0.25) is 0 Å². The number of nitrogens with zero attached hydrogens (tertiary/aromatic N) is 4. The van der Waals surface area contributed by atoms with E-state index in [-0.39, 0.29) is 5.82 Å². The molecule has 3 rings (SSSR count). The minimum atomic E-state index is -0.328. The molecule has 0 radical (unpaired) electrons. The molecule has 0 unspecified atom stereocenters. The van der Waals surface area contributed by atoms with Crippen molar-refractivity contribution in [3.8, 4) is 5.69 Å². The standard InChI is InChI=1S/C11H7FN4/c12-8-3-1-2-4-10(8)16-11-5-6-13-7-9(11)14-15-16/h1-7H. The van der Waals surface area contributed by atoms with Gasteiger partial charge in [-0.3, -0.25) is 4.98 Å². The topological polar surface area (TPSA) is 43.6 Å². The second-order valence-electron chi connectivity index (χ2n) is 3.32. The van der Waals surface area contributed by atoms with Crippen LogP contribution in [0.15, 0.2) is 42.7 Å². The first kappa shape index (κ1) is 8.96. The smallest absolute Gasteiger partial charge is 0.148 e. The number of benzene rings is 1. The number of hydrogen-bond donors (Lipinski definition) is 0. The van der Waals surface area contributed by atoms with Crippen LogP contribution in [0.2, 0.25) is 0 Å². The van der Waals surface area contributed by atoms with Crippen LogP contribution in [-0.2, 0) is 0 Å². The molecule has 3 aromatic rings. The Morgan fingerprint density at radius 3 is 2.88 bits per heavy atom. The maximum absolute atomic E-state index is 13.6. The first-order valence-corrected chi connectivity index (χ1v) is 4.76. The van der Waals surface area contributed by atoms with E-state index in [4.69, 9.17) is 0 Å². The molecule has 5 heteroatoms. The Hall–Kier alpha value is -2.30. The van der Waals surface area contributed by atoms with Crippen molar-refractivity contribution in [2.45, 2.75) is 0 Å². The van der Waals surface area contributed by atoms with Crippen molar-refractivity contribution in [3.05, 3.63) is 48.5 Å². The maximum atomic E-state index is 13.6. The van der Waals surface area contributed by atoms with E-state index < -0.39 is 0 Å². The van der Waals surface area contributed by atoms with Crippen LogP contribution in [0.4, 0.5) is 4.39 Å². The second kappa shape index (κ2) is 3.37. The summed E-state index contributed by atoms with van der Waals surface area (Å²) >= 11 is 0. The lowest BCUT2D eigenvalue weighted by Crippen LogP contribution is -1.99. The van der Waals surface area contributed by atoms with E-state index in [0.717, 1.165) is 5.52 Å². The van der Waals surface area contributed by atoms with Gasteiger partial charge in [0.15, 0.2) is 0 Å². The summed E-state index contributed by atoms with van der Waals surface area (Å²) in [7, 11) is 0. The third-order valence-electron chi connectivity index (χ3n) is 2.33. The molecule has 1 aromatic carbocycles. The third kappa shape index (κ3) is 1.25. The van der Waals surface area contributed by atoms with Gasteiger partial charge in [-0.1, -0.05) is 17.3 Å². The average molecular weight is 214 g/mol. The van der Waals surface area contributed by atoms with Gasteiger partial charge in [0, 0.05) is 6.20 Å². The van der Waals surface area contributed by atoms with Crippen LogP contribution < -0.4 is 0 Å². The summed E-state index contributed by atoms with van der Waals surface area (Å²) in [6.07, 6.45) is 3.22. The van der Waals surface area contributed by atoms with Gasteiger partial charge in [-0.2, -0.15) is 0 Å². The van der Waals surface area contributed by atoms with Crippen LogP contribution in [-0.4, -0.2) is 20.0 Å². The molecular formula is C11H7FN4. The molecule has 0 aliphatic rings. The minimum Gasteiger partial charge on any atom is -0.262 e. The van der Waals surface area contributed by atoms with Gasteiger partial charge < -0.3 is 0 Å². The zero-order valence-corrected chi connectivity index (χ0v) is 8.21. The van der Waals surface area contributed by atoms with E-state index in [1.165, 1.54) is 10.7 Å². The van der Waals surface area contributed by atoms with Crippen molar-refractivity contribution in [1.29, 1.82) is 0 Å². The maximum Gasteiger partial charge on any atom is 0.148 e. The molecule has 0 fully saturated rings. The van der Waals surface area contributed by atoms with E-state index in [1.54, 1.807) is 36.7 Å². The summed E-state index contributed by atoms with van der Waals surface area (Å²) in [6, 6.07) is 8.20. The van der Waals surface area contributed by atoms with Crippen LogP contribution in [0.3, 0.4) is 0 Å².